The highest BCUT2D eigenvalue weighted by Gasteiger charge is 2.19. The number of benzene rings is 2. The van der Waals surface area contributed by atoms with Gasteiger partial charge in [0.1, 0.15) is 0 Å². The van der Waals surface area contributed by atoms with Gasteiger partial charge < -0.3 is 20.1 Å². The van der Waals surface area contributed by atoms with Crippen LogP contribution in [0.2, 0.25) is 5.02 Å². The fourth-order valence-corrected chi connectivity index (χ4v) is 2.44. The molecule has 1 amide bonds. The number of nitro groups is 1. The molecule has 0 heterocycles. The van der Waals surface area contributed by atoms with Crippen LogP contribution in [0.15, 0.2) is 36.4 Å². The maximum atomic E-state index is 12.2. The first kappa shape index (κ1) is 23.5. The number of nitrogens with zero attached hydrogens (tertiary/aromatic N) is 1. The first-order chi connectivity index (χ1) is 13.0. The van der Waals surface area contributed by atoms with Crippen molar-refractivity contribution in [1.29, 1.82) is 0 Å². The number of halogens is 2. The van der Waals surface area contributed by atoms with E-state index in [-0.39, 0.29) is 46.3 Å². The molecular weight excluding hydrogens is 409 g/mol. The topological polar surface area (TPSA) is 103 Å². The Morgan fingerprint density at radius 1 is 1.14 bits per heavy atom. The quantitative estimate of drug-likeness (QED) is 0.356. The SMILES string of the molecule is CCNCCNC(=O)c1ccc(Oc2ccc(Cl)cc2[N+](=O)[O-])c(OC)c1.Cl. The van der Waals surface area contributed by atoms with Crippen molar-refractivity contribution in [1.82, 2.24) is 10.6 Å². The van der Waals surface area contributed by atoms with E-state index in [0.29, 0.717) is 18.7 Å². The number of carbonyl (C=O) groups excluding carboxylic acids is 1. The van der Waals surface area contributed by atoms with Gasteiger partial charge in [0.2, 0.25) is 5.75 Å². The van der Waals surface area contributed by atoms with Gasteiger partial charge in [-0.3, -0.25) is 14.9 Å². The summed E-state index contributed by atoms with van der Waals surface area (Å²) in [6.45, 7) is 3.97. The van der Waals surface area contributed by atoms with Crippen LogP contribution in [-0.2, 0) is 0 Å². The normalized spacial score (nSPS) is 9.96. The number of hydrogen-bond acceptors (Lipinski definition) is 6. The Morgan fingerprint density at radius 2 is 1.86 bits per heavy atom. The van der Waals surface area contributed by atoms with Gasteiger partial charge in [-0.25, -0.2) is 0 Å². The molecule has 0 saturated carbocycles. The Kier molecular flexibility index (Phi) is 9.50. The predicted molar refractivity (Wildman–Crippen MR) is 109 cm³/mol. The van der Waals surface area contributed by atoms with Crippen molar-refractivity contribution in [3.05, 3.63) is 57.1 Å². The maximum Gasteiger partial charge on any atom is 0.313 e. The van der Waals surface area contributed by atoms with E-state index in [4.69, 9.17) is 21.1 Å². The molecule has 2 aromatic carbocycles. The number of methoxy groups -OCH3 is 1. The zero-order chi connectivity index (χ0) is 19.8. The van der Waals surface area contributed by atoms with E-state index >= 15 is 0 Å². The first-order valence-corrected chi connectivity index (χ1v) is 8.62. The van der Waals surface area contributed by atoms with E-state index in [0.717, 1.165) is 6.54 Å². The highest BCUT2D eigenvalue weighted by atomic mass is 35.5. The van der Waals surface area contributed by atoms with Crippen molar-refractivity contribution in [2.75, 3.05) is 26.7 Å². The van der Waals surface area contributed by atoms with Crippen molar-refractivity contribution in [3.8, 4) is 17.2 Å². The highest BCUT2D eigenvalue weighted by Crippen LogP contribution is 2.37. The lowest BCUT2D eigenvalue weighted by molar-refractivity contribution is -0.385. The molecule has 0 aliphatic heterocycles. The van der Waals surface area contributed by atoms with Crippen molar-refractivity contribution in [2.45, 2.75) is 6.92 Å². The molecule has 2 aromatic rings. The minimum absolute atomic E-state index is 0. The molecule has 0 aromatic heterocycles. The molecule has 2 rings (SSSR count). The fourth-order valence-electron chi connectivity index (χ4n) is 2.27. The van der Waals surface area contributed by atoms with E-state index in [9.17, 15) is 14.9 Å². The van der Waals surface area contributed by atoms with E-state index in [1.807, 2.05) is 6.92 Å². The number of carbonyl (C=O) groups is 1. The third-order valence-electron chi connectivity index (χ3n) is 3.60. The molecule has 0 aliphatic rings. The molecule has 0 radical (unpaired) electrons. The van der Waals surface area contributed by atoms with Crippen LogP contribution in [-0.4, -0.2) is 37.6 Å². The number of ether oxygens (including phenoxy) is 2. The number of amides is 1. The molecule has 0 bridgehead atoms. The van der Waals surface area contributed by atoms with Gasteiger partial charge in [-0.1, -0.05) is 18.5 Å². The second kappa shape index (κ2) is 11.3. The van der Waals surface area contributed by atoms with Crippen molar-refractivity contribution >= 4 is 35.6 Å². The lowest BCUT2D eigenvalue weighted by Crippen LogP contribution is -2.31. The first-order valence-electron chi connectivity index (χ1n) is 8.25. The molecule has 0 fully saturated rings. The number of rotatable bonds is 9. The zero-order valence-electron chi connectivity index (χ0n) is 15.4. The molecule has 0 unspecified atom stereocenters. The molecule has 2 N–H and O–H groups in total. The van der Waals surface area contributed by atoms with Gasteiger partial charge in [0.25, 0.3) is 5.91 Å². The molecule has 10 heteroatoms. The predicted octanol–water partition coefficient (Wildman–Crippen LogP) is 3.81. The van der Waals surface area contributed by atoms with E-state index in [1.54, 1.807) is 6.07 Å². The Bertz CT molecular complexity index is 833. The number of hydrogen-bond donors (Lipinski definition) is 2. The lowest BCUT2D eigenvalue weighted by atomic mass is 10.2. The molecule has 0 spiro atoms. The van der Waals surface area contributed by atoms with Crippen LogP contribution in [0.1, 0.15) is 17.3 Å². The fraction of sp³-hybridized carbons (Fsp3) is 0.278. The monoisotopic (exact) mass is 429 g/mol. The summed E-state index contributed by atoms with van der Waals surface area (Å²) in [5.74, 6) is 0.284. The Hall–Kier alpha value is -2.55. The Morgan fingerprint density at radius 3 is 2.50 bits per heavy atom. The second-order valence-electron chi connectivity index (χ2n) is 5.45. The molecular formula is C18H21Cl2N3O5. The van der Waals surface area contributed by atoms with Crippen LogP contribution < -0.4 is 20.1 Å². The number of likely N-dealkylation sites (N-methyl/N-ethyl adjacent to an activating group) is 1. The van der Waals surface area contributed by atoms with Crippen LogP contribution in [0, 0.1) is 10.1 Å². The largest absolute Gasteiger partial charge is 0.493 e. The average Bonchev–Trinajstić information content (AvgIpc) is 2.66. The van der Waals surface area contributed by atoms with E-state index in [1.165, 1.54) is 37.4 Å². The van der Waals surface area contributed by atoms with Crippen LogP contribution >= 0.6 is 24.0 Å². The van der Waals surface area contributed by atoms with Crippen LogP contribution in [0.3, 0.4) is 0 Å². The van der Waals surface area contributed by atoms with Gasteiger partial charge in [0.05, 0.1) is 12.0 Å². The summed E-state index contributed by atoms with van der Waals surface area (Å²) in [4.78, 5) is 22.8. The average molecular weight is 430 g/mol. The molecule has 0 atom stereocenters. The third kappa shape index (κ3) is 6.26. The minimum atomic E-state index is -0.583. The Labute approximate surface area is 173 Å². The molecule has 0 aliphatic carbocycles. The van der Waals surface area contributed by atoms with E-state index in [2.05, 4.69) is 10.6 Å². The van der Waals surface area contributed by atoms with Gasteiger partial charge in [0.15, 0.2) is 11.5 Å². The second-order valence-corrected chi connectivity index (χ2v) is 5.88. The summed E-state index contributed by atoms with van der Waals surface area (Å²) in [7, 11) is 1.42. The Balaban J connectivity index is 0.00000392. The summed E-state index contributed by atoms with van der Waals surface area (Å²) >= 11 is 5.81. The third-order valence-corrected chi connectivity index (χ3v) is 3.84. The smallest absolute Gasteiger partial charge is 0.313 e. The molecule has 152 valence electrons. The zero-order valence-corrected chi connectivity index (χ0v) is 16.9. The van der Waals surface area contributed by atoms with Crippen LogP contribution in [0.5, 0.6) is 17.2 Å². The van der Waals surface area contributed by atoms with E-state index < -0.39 is 4.92 Å². The highest BCUT2D eigenvalue weighted by molar-refractivity contribution is 6.30. The lowest BCUT2D eigenvalue weighted by Gasteiger charge is -2.12. The van der Waals surface area contributed by atoms with Crippen LogP contribution in [0.25, 0.3) is 0 Å². The maximum absolute atomic E-state index is 12.2. The van der Waals surface area contributed by atoms with Crippen molar-refractivity contribution in [2.24, 2.45) is 0 Å². The summed E-state index contributed by atoms with van der Waals surface area (Å²) in [6.07, 6.45) is 0. The standard InChI is InChI=1S/C18H20ClN3O5.ClH/c1-3-20-8-9-21-18(23)12-4-6-16(17(10-12)26-2)27-15-7-5-13(19)11-14(15)22(24)25;/h4-7,10-11,20H,3,8-9H2,1-2H3,(H,21,23);1H. The van der Waals surface area contributed by atoms with Gasteiger partial charge in [-0.05, 0) is 36.9 Å². The molecule has 0 saturated heterocycles. The molecule has 28 heavy (non-hydrogen) atoms. The summed E-state index contributed by atoms with van der Waals surface area (Å²) < 4.78 is 10.9. The van der Waals surface area contributed by atoms with Gasteiger partial charge in [-0.15, -0.1) is 12.4 Å². The summed E-state index contributed by atoms with van der Waals surface area (Å²) in [5, 5.41) is 17.3. The minimum Gasteiger partial charge on any atom is -0.493 e. The van der Waals surface area contributed by atoms with Gasteiger partial charge in [0, 0.05) is 29.7 Å². The summed E-state index contributed by atoms with van der Waals surface area (Å²) in [5.41, 5.74) is 0.121. The van der Waals surface area contributed by atoms with Crippen molar-refractivity contribution in [3.63, 3.8) is 0 Å². The number of nitro benzene ring substituents is 1. The van der Waals surface area contributed by atoms with Crippen molar-refractivity contribution < 1.29 is 19.2 Å². The summed E-state index contributed by atoms with van der Waals surface area (Å²) in [6, 6.07) is 8.69. The number of nitrogens with one attached hydrogen (secondary N) is 2. The van der Waals surface area contributed by atoms with Gasteiger partial charge >= 0.3 is 5.69 Å². The molecule has 8 nitrogen and oxygen atoms in total. The van der Waals surface area contributed by atoms with Crippen LogP contribution in [0.4, 0.5) is 5.69 Å². The van der Waals surface area contributed by atoms with Gasteiger partial charge in [-0.2, -0.15) is 0 Å².